The molecule has 0 radical (unpaired) electrons. The van der Waals surface area contributed by atoms with Gasteiger partial charge in [0.05, 0.1) is 25.4 Å². The van der Waals surface area contributed by atoms with E-state index in [0.717, 1.165) is 32.1 Å². The van der Waals surface area contributed by atoms with Gasteiger partial charge < -0.3 is 40.3 Å². The lowest BCUT2D eigenvalue weighted by Crippen LogP contribution is -2.60. The Hall–Kier alpha value is -0.810. The van der Waals surface area contributed by atoms with Crippen molar-refractivity contribution in [2.45, 2.75) is 211 Å². The lowest BCUT2D eigenvalue weighted by Gasteiger charge is -2.40. The number of carbonyl (C=O) groups excluding carboxylic acids is 1. The molecule has 1 saturated heterocycles. The summed E-state index contributed by atoms with van der Waals surface area (Å²) in [7, 11) is 0. The average molecular weight is 646 g/mol. The molecule has 45 heavy (non-hydrogen) atoms. The molecule has 6 N–H and O–H groups in total. The van der Waals surface area contributed by atoms with Crippen molar-refractivity contribution in [1.29, 1.82) is 0 Å². The van der Waals surface area contributed by atoms with Crippen molar-refractivity contribution >= 4 is 5.91 Å². The van der Waals surface area contributed by atoms with E-state index in [2.05, 4.69) is 12.2 Å². The number of amides is 1. The highest BCUT2D eigenvalue weighted by molar-refractivity contribution is 5.76. The summed E-state index contributed by atoms with van der Waals surface area (Å²) in [6.07, 6.45) is 20.9. The minimum absolute atomic E-state index is 0.138. The summed E-state index contributed by atoms with van der Waals surface area (Å²) in [6.45, 7) is 3.59. The van der Waals surface area contributed by atoms with Gasteiger partial charge >= 0.3 is 0 Å². The molecule has 1 amide bonds. The van der Waals surface area contributed by atoms with Crippen LogP contribution in [0.2, 0.25) is 0 Å². The third-order valence-electron chi connectivity index (χ3n) is 9.21. The lowest BCUT2D eigenvalue weighted by molar-refractivity contribution is -0.302. The van der Waals surface area contributed by atoms with Crippen LogP contribution in [0.15, 0.2) is 0 Å². The normalized spacial score (nSPS) is 23.2. The van der Waals surface area contributed by atoms with Crippen molar-refractivity contribution in [2.75, 3.05) is 13.2 Å². The molecule has 0 aliphatic carbocycles. The van der Waals surface area contributed by atoms with Crippen molar-refractivity contribution in [3.8, 4) is 0 Å². The first kappa shape index (κ1) is 42.2. The van der Waals surface area contributed by atoms with E-state index < -0.39 is 49.5 Å². The van der Waals surface area contributed by atoms with Crippen molar-refractivity contribution in [3.05, 3.63) is 0 Å². The highest BCUT2D eigenvalue weighted by Crippen LogP contribution is 2.23. The minimum atomic E-state index is -1.54. The quantitative estimate of drug-likeness (QED) is 0.0517. The summed E-state index contributed by atoms with van der Waals surface area (Å²) in [5.41, 5.74) is 0. The van der Waals surface area contributed by atoms with Crippen LogP contribution in [0.3, 0.4) is 0 Å². The summed E-state index contributed by atoms with van der Waals surface area (Å²) in [4.78, 5) is 12.4. The first-order chi connectivity index (χ1) is 21.8. The number of aliphatic hydroxyl groups excluding tert-OH is 5. The van der Waals surface area contributed by atoms with Gasteiger partial charge in [0.15, 0.2) is 6.29 Å². The van der Waals surface area contributed by atoms with Gasteiger partial charge in [-0.15, -0.1) is 0 Å². The number of aliphatic hydroxyl groups is 5. The standard InChI is InChI=1S/C36H71NO8/c1-3-5-7-8-9-10-11-12-13-14-15-16-17-18-19-20-21-22-23-24-25-30(39)29(37-32(40)26-6-4-2)28-44-36-35(43)34(42)33(41)31(27-38)45-36/h29-31,33-36,38-39,41-43H,3-28H2,1-2H3,(H,37,40). The molecule has 1 rings (SSSR count). The average Bonchev–Trinajstić information content (AvgIpc) is 3.04. The van der Waals surface area contributed by atoms with E-state index in [1.165, 1.54) is 109 Å². The topological polar surface area (TPSA) is 149 Å². The maximum absolute atomic E-state index is 12.4. The second-order valence-electron chi connectivity index (χ2n) is 13.4. The number of nitrogens with one attached hydrogen (secondary N) is 1. The molecule has 1 fully saturated rings. The van der Waals surface area contributed by atoms with Crippen LogP contribution in [0.5, 0.6) is 0 Å². The maximum atomic E-state index is 12.4. The van der Waals surface area contributed by atoms with Crippen LogP contribution in [0.1, 0.15) is 168 Å². The Kier molecular flexibility index (Phi) is 26.5. The molecule has 1 aliphatic heterocycles. The Labute approximate surface area is 274 Å². The van der Waals surface area contributed by atoms with Gasteiger partial charge in [0.25, 0.3) is 0 Å². The molecule has 0 bridgehead atoms. The molecule has 0 aromatic heterocycles. The summed E-state index contributed by atoms with van der Waals surface area (Å²) in [5, 5.41) is 53.4. The fourth-order valence-electron chi connectivity index (χ4n) is 6.08. The number of rotatable bonds is 30. The van der Waals surface area contributed by atoms with Crippen LogP contribution in [0, 0.1) is 0 Å². The summed E-state index contributed by atoms with van der Waals surface area (Å²) in [5.74, 6) is -0.179. The predicted octanol–water partition coefficient (Wildman–Crippen LogP) is 6.05. The van der Waals surface area contributed by atoms with Gasteiger partial charge in [-0.2, -0.15) is 0 Å². The van der Waals surface area contributed by atoms with Crippen LogP contribution in [-0.4, -0.2) is 87.5 Å². The summed E-state index contributed by atoms with van der Waals surface area (Å²) < 4.78 is 11.1. The molecule has 1 heterocycles. The molecule has 7 unspecified atom stereocenters. The van der Waals surface area contributed by atoms with Crippen LogP contribution in [0.4, 0.5) is 0 Å². The molecular formula is C36H71NO8. The molecule has 0 saturated carbocycles. The fourth-order valence-corrected chi connectivity index (χ4v) is 6.08. The van der Waals surface area contributed by atoms with Gasteiger partial charge in [-0.25, -0.2) is 0 Å². The van der Waals surface area contributed by atoms with E-state index in [0.29, 0.717) is 12.8 Å². The Morgan fingerprint density at radius 2 is 1.11 bits per heavy atom. The fraction of sp³-hybridized carbons (Fsp3) is 0.972. The minimum Gasteiger partial charge on any atom is -0.394 e. The molecule has 0 aromatic carbocycles. The number of unbranched alkanes of at least 4 members (excludes halogenated alkanes) is 20. The zero-order chi connectivity index (χ0) is 33.1. The van der Waals surface area contributed by atoms with E-state index in [4.69, 9.17) is 9.47 Å². The van der Waals surface area contributed by atoms with Crippen LogP contribution >= 0.6 is 0 Å². The molecule has 0 aromatic rings. The number of carbonyl (C=O) groups is 1. The van der Waals surface area contributed by atoms with Gasteiger partial charge in [-0.3, -0.25) is 4.79 Å². The Morgan fingerprint density at radius 1 is 0.667 bits per heavy atom. The SMILES string of the molecule is CCCCCCCCCCCCCCCCCCCCCCC(O)C(COC1OC(CO)C(O)C(O)C1O)NC(=O)CCCC. The third kappa shape index (κ3) is 20.2. The molecule has 1 aliphatic rings. The first-order valence-corrected chi connectivity index (χ1v) is 18.7. The Morgan fingerprint density at radius 3 is 1.56 bits per heavy atom. The van der Waals surface area contributed by atoms with E-state index in [-0.39, 0.29) is 12.5 Å². The van der Waals surface area contributed by atoms with Crippen LogP contribution in [-0.2, 0) is 14.3 Å². The van der Waals surface area contributed by atoms with E-state index in [1.807, 2.05) is 6.92 Å². The zero-order valence-electron chi connectivity index (χ0n) is 28.9. The second kappa shape index (κ2) is 28.2. The highest BCUT2D eigenvalue weighted by Gasteiger charge is 2.44. The monoisotopic (exact) mass is 646 g/mol. The first-order valence-electron chi connectivity index (χ1n) is 18.7. The number of ether oxygens (including phenoxy) is 2. The molecular weight excluding hydrogens is 574 g/mol. The number of hydrogen-bond acceptors (Lipinski definition) is 8. The molecule has 9 heteroatoms. The van der Waals surface area contributed by atoms with E-state index >= 15 is 0 Å². The molecule has 9 nitrogen and oxygen atoms in total. The second-order valence-corrected chi connectivity index (χ2v) is 13.4. The van der Waals surface area contributed by atoms with Gasteiger partial charge in [0.1, 0.15) is 24.4 Å². The third-order valence-corrected chi connectivity index (χ3v) is 9.21. The van der Waals surface area contributed by atoms with Crippen LogP contribution < -0.4 is 5.32 Å². The van der Waals surface area contributed by atoms with E-state index in [9.17, 15) is 30.3 Å². The smallest absolute Gasteiger partial charge is 0.220 e. The van der Waals surface area contributed by atoms with Crippen molar-refractivity contribution < 1.29 is 39.8 Å². The Balaban J connectivity index is 2.16. The van der Waals surface area contributed by atoms with Gasteiger partial charge in [0, 0.05) is 6.42 Å². The maximum Gasteiger partial charge on any atom is 0.220 e. The van der Waals surface area contributed by atoms with Gasteiger partial charge in [0.2, 0.25) is 5.91 Å². The van der Waals surface area contributed by atoms with Crippen molar-refractivity contribution in [2.24, 2.45) is 0 Å². The van der Waals surface area contributed by atoms with Crippen molar-refractivity contribution in [3.63, 3.8) is 0 Å². The highest BCUT2D eigenvalue weighted by atomic mass is 16.7. The predicted molar refractivity (Wildman–Crippen MR) is 180 cm³/mol. The summed E-state index contributed by atoms with van der Waals surface area (Å²) >= 11 is 0. The van der Waals surface area contributed by atoms with Gasteiger partial charge in [-0.05, 0) is 12.8 Å². The van der Waals surface area contributed by atoms with Crippen molar-refractivity contribution in [1.82, 2.24) is 5.32 Å². The molecule has 0 spiro atoms. The molecule has 7 atom stereocenters. The Bertz CT molecular complexity index is 681. The zero-order valence-corrected chi connectivity index (χ0v) is 28.9. The van der Waals surface area contributed by atoms with Gasteiger partial charge in [-0.1, -0.05) is 149 Å². The lowest BCUT2D eigenvalue weighted by atomic mass is 9.99. The summed E-state index contributed by atoms with van der Waals surface area (Å²) in [6, 6.07) is -0.706. The van der Waals surface area contributed by atoms with Crippen LogP contribution in [0.25, 0.3) is 0 Å². The molecule has 268 valence electrons. The van der Waals surface area contributed by atoms with E-state index in [1.54, 1.807) is 0 Å². The number of hydrogen-bond donors (Lipinski definition) is 6. The largest absolute Gasteiger partial charge is 0.394 e.